The van der Waals surface area contributed by atoms with Crippen LogP contribution in [0.2, 0.25) is 5.02 Å². The zero-order valence-electron chi connectivity index (χ0n) is 18.0. The molecule has 0 spiro atoms. The molecule has 0 saturated heterocycles. The maximum Gasteiger partial charge on any atom is 0.271 e. The van der Waals surface area contributed by atoms with Crippen molar-refractivity contribution in [1.82, 2.24) is 5.43 Å². The van der Waals surface area contributed by atoms with Crippen molar-refractivity contribution in [3.63, 3.8) is 0 Å². The van der Waals surface area contributed by atoms with Crippen LogP contribution >= 0.6 is 22.9 Å². The van der Waals surface area contributed by atoms with E-state index in [-0.39, 0.29) is 26.8 Å². The van der Waals surface area contributed by atoms with Gasteiger partial charge >= 0.3 is 0 Å². The van der Waals surface area contributed by atoms with Gasteiger partial charge in [-0.1, -0.05) is 11.6 Å². The van der Waals surface area contributed by atoms with E-state index in [0.29, 0.717) is 21.3 Å². The van der Waals surface area contributed by atoms with Crippen molar-refractivity contribution in [2.45, 2.75) is 0 Å². The largest absolute Gasteiger partial charge is 0.321 e. The van der Waals surface area contributed by atoms with Crippen molar-refractivity contribution in [2.75, 3.05) is 5.32 Å². The van der Waals surface area contributed by atoms with E-state index in [9.17, 15) is 29.8 Å². The van der Waals surface area contributed by atoms with Crippen molar-refractivity contribution in [3.8, 4) is 0 Å². The number of non-ortho nitro benzene ring substituents is 2. The Bertz CT molecular complexity index is 1530. The minimum atomic E-state index is -0.522. The van der Waals surface area contributed by atoms with E-state index < -0.39 is 21.7 Å². The monoisotopic (exact) mass is 523 g/mol. The number of nitro benzene ring substituents is 2. The Labute approximate surface area is 211 Å². The number of nitrogens with one attached hydrogen (secondary N) is 2. The summed E-state index contributed by atoms with van der Waals surface area (Å²) >= 11 is 7.35. The average molecular weight is 524 g/mol. The van der Waals surface area contributed by atoms with Gasteiger partial charge in [-0.05, 0) is 48.0 Å². The SMILES string of the molecule is O=C(N/N=C\c1ccc([N+](=O)[O-])cc1)c1ccc(NC(=O)c2sc3cc([N+](=O)[O-])ccc3c2Cl)cc1. The Morgan fingerprint density at radius 1 is 0.889 bits per heavy atom. The van der Waals surface area contributed by atoms with Crippen molar-refractivity contribution < 1.29 is 19.4 Å². The number of carbonyl (C=O) groups excluding carboxylic acids is 2. The lowest BCUT2D eigenvalue weighted by Crippen LogP contribution is -2.17. The van der Waals surface area contributed by atoms with Crippen LogP contribution in [0.1, 0.15) is 25.6 Å². The first kappa shape index (κ1) is 24.4. The average Bonchev–Trinajstić information content (AvgIpc) is 3.20. The summed E-state index contributed by atoms with van der Waals surface area (Å²) in [6.07, 6.45) is 1.35. The second-order valence-corrected chi connectivity index (χ2v) is 8.69. The first-order valence-electron chi connectivity index (χ1n) is 10.1. The highest BCUT2D eigenvalue weighted by Crippen LogP contribution is 2.37. The maximum atomic E-state index is 12.7. The summed E-state index contributed by atoms with van der Waals surface area (Å²) < 4.78 is 0.514. The van der Waals surface area contributed by atoms with Crippen LogP contribution in [0.5, 0.6) is 0 Å². The topological polar surface area (TPSA) is 157 Å². The molecule has 180 valence electrons. The summed E-state index contributed by atoms with van der Waals surface area (Å²) in [6.45, 7) is 0. The van der Waals surface area contributed by atoms with Crippen LogP contribution in [-0.2, 0) is 0 Å². The Kier molecular flexibility index (Phi) is 6.99. The van der Waals surface area contributed by atoms with Crippen molar-refractivity contribution in [1.29, 1.82) is 0 Å². The second-order valence-electron chi connectivity index (χ2n) is 7.26. The number of nitro groups is 2. The molecule has 0 aliphatic rings. The number of benzene rings is 3. The van der Waals surface area contributed by atoms with Gasteiger partial charge in [-0.2, -0.15) is 5.10 Å². The van der Waals surface area contributed by atoms with E-state index in [2.05, 4.69) is 15.8 Å². The number of hydrazone groups is 1. The van der Waals surface area contributed by atoms with E-state index >= 15 is 0 Å². The van der Waals surface area contributed by atoms with Crippen LogP contribution in [0.25, 0.3) is 10.1 Å². The highest BCUT2D eigenvalue weighted by atomic mass is 35.5. The van der Waals surface area contributed by atoms with Crippen molar-refractivity contribution in [3.05, 3.63) is 108 Å². The Balaban J connectivity index is 1.39. The molecule has 1 aromatic heterocycles. The number of amides is 2. The van der Waals surface area contributed by atoms with E-state index in [4.69, 9.17) is 11.6 Å². The molecule has 2 N–H and O–H groups in total. The summed E-state index contributed by atoms with van der Waals surface area (Å²) in [5.41, 5.74) is 3.45. The van der Waals surface area contributed by atoms with Gasteiger partial charge in [0.15, 0.2) is 0 Å². The van der Waals surface area contributed by atoms with Crippen LogP contribution in [0, 0.1) is 20.2 Å². The smallest absolute Gasteiger partial charge is 0.271 e. The Morgan fingerprint density at radius 2 is 1.53 bits per heavy atom. The van der Waals surface area contributed by atoms with Gasteiger partial charge in [0.1, 0.15) is 4.88 Å². The minimum absolute atomic E-state index is 0.0537. The molecule has 3 aromatic carbocycles. The molecule has 11 nitrogen and oxygen atoms in total. The molecular formula is C23H14ClN5O6S. The quantitative estimate of drug-likeness (QED) is 0.188. The van der Waals surface area contributed by atoms with Gasteiger partial charge in [-0.25, -0.2) is 5.43 Å². The molecule has 2 amide bonds. The second kappa shape index (κ2) is 10.3. The molecule has 0 unspecified atom stereocenters. The highest BCUT2D eigenvalue weighted by molar-refractivity contribution is 7.21. The number of rotatable bonds is 7. The summed E-state index contributed by atoms with van der Waals surface area (Å²) in [5, 5.41) is 28.9. The van der Waals surface area contributed by atoms with Crippen molar-refractivity contribution in [2.24, 2.45) is 5.10 Å². The fourth-order valence-corrected chi connectivity index (χ4v) is 4.56. The van der Waals surface area contributed by atoms with E-state index in [1.165, 1.54) is 72.9 Å². The van der Waals surface area contributed by atoms with Gasteiger partial charge < -0.3 is 5.32 Å². The predicted molar refractivity (Wildman–Crippen MR) is 136 cm³/mol. The molecule has 0 radical (unpaired) electrons. The molecule has 1 heterocycles. The first-order chi connectivity index (χ1) is 17.2. The van der Waals surface area contributed by atoms with Crippen LogP contribution in [0.3, 0.4) is 0 Å². The van der Waals surface area contributed by atoms with Gasteiger partial charge in [-0.15, -0.1) is 11.3 Å². The normalized spacial score (nSPS) is 10.9. The minimum Gasteiger partial charge on any atom is -0.321 e. The molecule has 0 atom stereocenters. The zero-order valence-corrected chi connectivity index (χ0v) is 19.6. The van der Waals surface area contributed by atoms with Crippen LogP contribution in [0.4, 0.5) is 17.1 Å². The van der Waals surface area contributed by atoms with Gasteiger partial charge in [0, 0.05) is 45.6 Å². The maximum absolute atomic E-state index is 12.7. The summed E-state index contributed by atoms with van der Waals surface area (Å²) in [5.74, 6) is -0.992. The molecule has 0 fully saturated rings. The van der Waals surface area contributed by atoms with Crippen LogP contribution in [0.15, 0.2) is 71.8 Å². The first-order valence-corrected chi connectivity index (χ1v) is 11.3. The number of carbonyl (C=O) groups is 2. The molecule has 0 saturated carbocycles. The number of fused-ring (bicyclic) bond motifs is 1. The number of halogens is 1. The molecule has 0 aliphatic carbocycles. The fraction of sp³-hybridized carbons (Fsp3) is 0. The molecule has 0 aliphatic heterocycles. The zero-order chi connectivity index (χ0) is 25.8. The number of hydrogen-bond donors (Lipinski definition) is 2. The van der Waals surface area contributed by atoms with E-state index in [1.807, 2.05) is 0 Å². The summed E-state index contributed by atoms with van der Waals surface area (Å²) in [4.78, 5) is 45.8. The number of anilines is 1. The number of hydrogen-bond acceptors (Lipinski definition) is 8. The molecule has 4 aromatic rings. The summed E-state index contributed by atoms with van der Waals surface area (Å²) in [6, 6.07) is 15.9. The third-order valence-electron chi connectivity index (χ3n) is 4.92. The standard InChI is InChI=1S/C23H14ClN5O6S/c24-20-18-10-9-17(29(34)35)11-19(18)36-21(20)23(31)26-15-5-3-14(4-6-15)22(30)27-25-12-13-1-7-16(8-2-13)28(32)33/h1-12H,(H,26,31)(H,27,30)/b25-12-. The van der Waals surface area contributed by atoms with E-state index in [1.54, 1.807) is 0 Å². The van der Waals surface area contributed by atoms with Gasteiger partial charge in [-0.3, -0.25) is 29.8 Å². The van der Waals surface area contributed by atoms with Gasteiger partial charge in [0.25, 0.3) is 23.2 Å². The molecule has 13 heteroatoms. The lowest BCUT2D eigenvalue weighted by Gasteiger charge is -2.05. The third-order valence-corrected chi connectivity index (χ3v) is 6.57. The predicted octanol–water partition coefficient (Wildman–Crippen LogP) is 5.39. The lowest BCUT2D eigenvalue weighted by molar-refractivity contribution is -0.385. The molecule has 0 bridgehead atoms. The van der Waals surface area contributed by atoms with Crippen molar-refractivity contribution >= 4 is 68.1 Å². The van der Waals surface area contributed by atoms with Crippen LogP contribution < -0.4 is 10.7 Å². The Hall–Kier alpha value is -4.68. The third kappa shape index (κ3) is 5.35. The summed E-state index contributed by atoms with van der Waals surface area (Å²) in [7, 11) is 0. The van der Waals surface area contributed by atoms with E-state index in [0.717, 1.165) is 11.3 Å². The van der Waals surface area contributed by atoms with Gasteiger partial charge in [0.2, 0.25) is 0 Å². The molecular weight excluding hydrogens is 510 g/mol. The highest BCUT2D eigenvalue weighted by Gasteiger charge is 2.19. The number of thiophene rings is 1. The molecule has 4 rings (SSSR count). The fourth-order valence-electron chi connectivity index (χ4n) is 3.12. The Morgan fingerprint density at radius 3 is 2.17 bits per heavy atom. The molecule has 36 heavy (non-hydrogen) atoms. The number of nitrogens with zero attached hydrogens (tertiary/aromatic N) is 3. The van der Waals surface area contributed by atoms with Crippen LogP contribution in [-0.4, -0.2) is 27.9 Å². The van der Waals surface area contributed by atoms with Gasteiger partial charge in [0.05, 0.1) is 21.1 Å². The lowest BCUT2D eigenvalue weighted by atomic mass is 10.2.